The minimum Gasteiger partial charge on any atom is -0.371 e. The van der Waals surface area contributed by atoms with Crippen molar-refractivity contribution in [2.24, 2.45) is 5.41 Å². The molecule has 3 aromatic carbocycles. The van der Waals surface area contributed by atoms with Crippen molar-refractivity contribution in [2.45, 2.75) is 56.9 Å². The number of amides is 1. The molecular formula is C38H47N3OS2. The summed E-state index contributed by atoms with van der Waals surface area (Å²) < 4.78 is 3.01. The Kier molecular flexibility index (Phi) is 12.8. The Morgan fingerprint density at radius 2 is 1.61 bits per heavy atom. The highest BCUT2D eigenvalue weighted by Crippen LogP contribution is 2.32. The summed E-state index contributed by atoms with van der Waals surface area (Å²) >= 11 is 3.25. The first-order chi connectivity index (χ1) is 21.2. The van der Waals surface area contributed by atoms with Crippen molar-refractivity contribution in [3.8, 4) is 0 Å². The van der Waals surface area contributed by atoms with E-state index in [-0.39, 0.29) is 5.91 Å². The fourth-order valence-electron chi connectivity index (χ4n) is 5.02. The monoisotopic (exact) mass is 625 g/mol. The number of carbonyl (C=O) groups is 1. The number of rotatable bonds is 14. The summed E-state index contributed by atoms with van der Waals surface area (Å²) in [5, 5.41) is 0. The largest absolute Gasteiger partial charge is 0.371 e. The summed E-state index contributed by atoms with van der Waals surface area (Å²) in [6.45, 7) is 17.7. The maximum Gasteiger partial charge on any atom is 0.261 e. The van der Waals surface area contributed by atoms with Gasteiger partial charge in [0.25, 0.3) is 5.91 Å². The number of piperidine rings is 1. The van der Waals surface area contributed by atoms with Gasteiger partial charge in [-0.15, -0.1) is 11.8 Å². The summed E-state index contributed by atoms with van der Waals surface area (Å²) in [4.78, 5) is 20.1. The Labute approximate surface area is 273 Å². The van der Waals surface area contributed by atoms with Gasteiger partial charge in [0.2, 0.25) is 0 Å². The molecule has 6 heteroatoms. The smallest absolute Gasteiger partial charge is 0.261 e. The molecule has 0 atom stereocenters. The number of hydrogen-bond acceptors (Lipinski definition) is 5. The summed E-state index contributed by atoms with van der Waals surface area (Å²) in [7, 11) is 0. The van der Waals surface area contributed by atoms with Crippen LogP contribution in [0.2, 0.25) is 0 Å². The average Bonchev–Trinajstić information content (AvgIpc) is 3.03. The highest BCUT2D eigenvalue weighted by Gasteiger charge is 2.25. The predicted molar refractivity (Wildman–Crippen MR) is 192 cm³/mol. The predicted octanol–water partition coefficient (Wildman–Crippen LogP) is 9.42. The molecule has 1 aliphatic heterocycles. The number of anilines is 1. The fourth-order valence-corrected chi connectivity index (χ4v) is 6.56. The minimum atomic E-state index is -0.0763. The van der Waals surface area contributed by atoms with Gasteiger partial charge in [-0.25, -0.2) is 0 Å². The van der Waals surface area contributed by atoms with Crippen LogP contribution in [0.1, 0.15) is 56.5 Å². The van der Waals surface area contributed by atoms with E-state index in [1.54, 1.807) is 0 Å². The highest BCUT2D eigenvalue weighted by atomic mass is 32.2. The topological polar surface area (TPSA) is 35.6 Å². The zero-order valence-corrected chi connectivity index (χ0v) is 28.4. The summed E-state index contributed by atoms with van der Waals surface area (Å²) in [5.74, 6) is 0.932. The molecule has 0 saturated carbocycles. The molecule has 4 nitrogen and oxygen atoms in total. The lowest BCUT2D eigenvalue weighted by Gasteiger charge is -2.38. The van der Waals surface area contributed by atoms with Gasteiger partial charge < -0.3 is 4.90 Å². The number of benzene rings is 3. The quantitative estimate of drug-likeness (QED) is 0.110. The molecule has 232 valence electrons. The van der Waals surface area contributed by atoms with Crippen LogP contribution >= 0.6 is 23.7 Å². The first kappa shape index (κ1) is 33.7. The standard InChI is InChI=1S/C38H47N3OS2/c1-6-31(13-12-30(2)3)28-40(26-27-43-35-10-8-7-9-11-35)29-32-14-20-36(21-15-32)44-39-37(42)33-16-18-34(19-17-33)41-24-22-38(4,5)23-25-41/h6-21H,1,22-29H2,2-5H3,(H,39,42)/b31-13+. The lowest BCUT2D eigenvalue weighted by molar-refractivity contribution is 0.0984. The van der Waals surface area contributed by atoms with Crippen molar-refractivity contribution in [1.82, 2.24) is 9.62 Å². The van der Waals surface area contributed by atoms with Crippen LogP contribution in [0.3, 0.4) is 0 Å². The molecule has 4 rings (SSSR count). The Hall–Kier alpha value is -3.19. The molecule has 1 aliphatic rings. The van der Waals surface area contributed by atoms with Gasteiger partial charge in [0.05, 0.1) is 0 Å². The van der Waals surface area contributed by atoms with Crippen LogP contribution in [0, 0.1) is 5.41 Å². The number of thioether (sulfide) groups is 1. The van der Waals surface area contributed by atoms with Gasteiger partial charge in [-0.1, -0.05) is 74.6 Å². The molecule has 1 heterocycles. The number of carbonyl (C=O) groups excluding carboxylic acids is 1. The Morgan fingerprint density at radius 1 is 0.932 bits per heavy atom. The van der Waals surface area contributed by atoms with E-state index in [1.807, 2.05) is 30.0 Å². The van der Waals surface area contributed by atoms with Gasteiger partial charge in [-0.3, -0.25) is 14.4 Å². The zero-order chi connectivity index (χ0) is 31.4. The van der Waals surface area contributed by atoms with Crippen LogP contribution in [-0.2, 0) is 6.54 Å². The van der Waals surface area contributed by atoms with Crippen molar-refractivity contribution in [3.63, 3.8) is 0 Å². The third kappa shape index (κ3) is 11.1. The maximum absolute atomic E-state index is 12.9. The van der Waals surface area contributed by atoms with Crippen molar-refractivity contribution >= 4 is 35.3 Å². The van der Waals surface area contributed by atoms with Gasteiger partial charge in [0.15, 0.2) is 0 Å². The zero-order valence-electron chi connectivity index (χ0n) is 26.7. The van der Waals surface area contributed by atoms with E-state index >= 15 is 0 Å². The third-order valence-electron chi connectivity index (χ3n) is 7.92. The van der Waals surface area contributed by atoms with Gasteiger partial charge in [0, 0.05) is 59.5 Å². The second-order valence-electron chi connectivity index (χ2n) is 12.4. The van der Waals surface area contributed by atoms with Gasteiger partial charge in [-0.05, 0) is 104 Å². The molecule has 0 aromatic heterocycles. The number of allylic oxidation sites excluding steroid dienone is 3. The fraction of sp³-hybridized carbons (Fsp3) is 0.342. The lowest BCUT2D eigenvalue weighted by atomic mass is 9.82. The summed E-state index contributed by atoms with van der Waals surface area (Å²) in [6, 6.07) is 27.1. The third-order valence-corrected chi connectivity index (χ3v) is 9.71. The van der Waals surface area contributed by atoms with Crippen molar-refractivity contribution in [3.05, 3.63) is 126 Å². The number of hydrogen-bond donors (Lipinski definition) is 1. The van der Waals surface area contributed by atoms with Crippen LogP contribution in [-0.4, -0.2) is 42.7 Å². The molecule has 0 aliphatic carbocycles. The number of nitrogens with one attached hydrogen (secondary N) is 1. The molecular weight excluding hydrogens is 579 g/mol. The van der Waals surface area contributed by atoms with E-state index in [1.165, 1.54) is 52.1 Å². The highest BCUT2D eigenvalue weighted by molar-refractivity contribution is 7.99. The summed E-state index contributed by atoms with van der Waals surface area (Å²) in [6.07, 6.45) is 8.67. The normalized spacial score (nSPS) is 14.8. The van der Waals surface area contributed by atoms with E-state index in [2.05, 4.69) is 128 Å². The van der Waals surface area contributed by atoms with Crippen molar-refractivity contribution in [1.29, 1.82) is 0 Å². The van der Waals surface area contributed by atoms with E-state index in [9.17, 15) is 4.79 Å². The Morgan fingerprint density at radius 3 is 2.25 bits per heavy atom. The van der Waals surface area contributed by atoms with Crippen LogP contribution in [0.25, 0.3) is 0 Å². The Balaban J connectivity index is 1.31. The summed E-state index contributed by atoms with van der Waals surface area (Å²) in [5.41, 5.74) is 6.02. The first-order valence-corrected chi connectivity index (χ1v) is 17.3. The second-order valence-corrected chi connectivity index (χ2v) is 14.5. The molecule has 1 N–H and O–H groups in total. The van der Waals surface area contributed by atoms with Crippen molar-refractivity contribution in [2.75, 3.05) is 36.8 Å². The van der Waals surface area contributed by atoms with E-state index in [4.69, 9.17) is 0 Å². The van der Waals surface area contributed by atoms with E-state index in [0.29, 0.717) is 11.0 Å². The van der Waals surface area contributed by atoms with Crippen LogP contribution in [0.15, 0.2) is 125 Å². The van der Waals surface area contributed by atoms with Gasteiger partial charge in [0.1, 0.15) is 0 Å². The lowest BCUT2D eigenvalue weighted by Crippen LogP contribution is -2.37. The van der Waals surface area contributed by atoms with E-state index < -0.39 is 0 Å². The molecule has 0 unspecified atom stereocenters. The molecule has 1 fully saturated rings. The molecule has 0 radical (unpaired) electrons. The van der Waals surface area contributed by atoms with Gasteiger partial charge in [-0.2, -0.15) is 0 Å². The van der Waals surface area contributed by atoms with Crippen LogP contribution in [0.5, 0.6) is 0 Å². The van der Waals surface area contributed by atoms with Crippen molar-refractivity contribution < 1.29 is 4.79 Å². The Bertz CT molecular complexity index is 1400. The van der Waals surface area contributed by atoms with Crippen LogP contribution in [0.4, 0.5) is 5.69 Å². The second kappa shape index (κ2) is 16.8. The molecule has 0 spiro atoms. The molecule has 44 heavy (non-hydrogen) atoms. The maximum atomic E-state index is 12.9. The van der Waals surface area contributed by atoms with Crippen LogP contribution < -0.4 is 9.62 Å². The van der Waals surface area contributed by atoms with E-state index in [0.717, 1.165) is 43.4 Å². The first-order valence-electron chi connectivity index (χ1n) is 15.5. The average molecular weight is 626 g/mol. The minimum absolute atomic E-state index is 0.0763. The molecule has 1 saturated heterocycles. The molecule has 1 amide bonds. The SMILES string of the molecule is C=C/C(=C\C=C(C)C)CN(CCSc1ccccc1)Cc1ccc(SNC(=O)c2ccc(N3CCC(C)(C)CC3)cc2)cc1. The number of nitrogens with zero attached hydrogens (tertiary/aromatic N) is 2. The van der Waals surface area contributed by atoms with Gasteiger partial charge >= 0.3 is 0 Å². The molecule has 3 aromatic rings. The molecule has 0 bridgehead atoms.